The number of rotatable bonds is 4. The van der Waals surface area contributed by atoms with E-state index in [4.69, 9.17) is 9.47 Å². The molecule has 1 saturated heterocycles. The average molecular weight is 354 g/mol. The van der Waals surface area contributed by atoms with Crippen LogP contribution < -0.4 is 14.8 Å². The van der Waals surface area contributed by atoms with Crippen LogP contribution >= 0.6 is 11.8 Å². The highest BCUT2D eigenvalue weighted by Crippen LogP contribution is 2.32. The van der Waals surface area contributed by atoms with Crippen LogP contribution in [0.2, 0.25) is 0 Å². The first-order valence-corrected chi connectivity index (χ1v) is 8.49. The number of amides is 1. The second kappa shape index (κ2) is 7.44. The standard InChI is InChI=1S/C19H18N2O3S/c1-12-5-4-6-14(9-12)20-19-21-18(22)17(25-19)11-13-7-8-15(23-2)16(10-13)24-3/h4-11H,1-3H3,(H,20,21,22). The van der Waals surface area contributed by atoms with Crippen LogP contribution in [-0.4, -0.2) is 25.3 Å². The van der Waals surface area contributed by atoms with Crippen molar-refractivity contribution in [2.75, 3.05) is 14.2 Å². The van der Waals surface area contributed by atoms with Crippen LogP contribution in [0.1, 0.15) is 11.1 Å². The third kappa shape index (κ3) is 4.03. The minimum atomic E-state index is -0.161. The van der Waals surface area contributed by atoms with Crippen molar-refractivity contribution in [3.63, 3.8) is 0 Å². The van der Waals surface area contributed by atoms with Crippen molar-refractivity contribution in [1.29, 1.82) is 0 Å². The Kier molecular flexibility index (Phi) is 5.09. The molecular formula is C19H18N2O3S. The molecule has 0 saturated carbocycles. The predicted molar refractivity (Wildman–Crippen MR) is 102 cm³/mol. The number of methoxy groups -OCH3 is 2. The molecule has 0 atom stereocenters. The normalized spacial score (nSPS) is 17.0. The van der Waals surface area contributed by atoms with E-state index in [1.54, 1.807) is 20.3 Å². The first-order valence-electron chi connectivity index (χ1n) is 7.67. The van der Waals surface area contributed by atoms with Gasteiger partial charge in [-0.15, -0.1) is 0 Å². The van der Waals surface area contributed by atoms with Gasteiger partial charge in [0.1, 0.15) is 0 Å². The second-order valence-corrected chi connectivity index (χ2v) is 6.47. The third-order valence-corrected chi connectivity index (χ3v) is 4.50. The van der Waals surface area contributed by atoms with Gasteiger partial charge in [0.15, 0.2) is 16.7 Å². The van der Waals surface area contributed by atoms with E-state index in [0.717, 1.165) is 16.8 Å². The molecule has 0 unspecified atom stereocenters. The molecular weight excluding hydrogens is 336 g/mol. The zero-order chi connectivity index (χ0) is 17.8. The fourth-order valence-electron chi connectivity index (χ4n) is 2.39. The number of hydrogen-bond donors (Lipinski definition) is 1. The number of ether oxygens (including phenoxy) is 2. The Balaban J connectivity index is 1.84. The van der Waals surface area contributed by atoms with Crippen molar-refractivity contribution in [1.82, 2.24) is 5.32 Å². The summed E-state index contributed by atoms with van der Waals surface area (Å²) in [6, 6.07) is 13.3. The maximum absolute atomic E-state index is 12.2. The molecule has 25 heavy (non-hydrogen) atoms. The summed E-state index contributed by atoms with van der Waals surface area (Å²) < 4.78 is 10.5. The SMILES string of the molecule is COc1ccc(C=C2SC(=Nc3cccc(C)c3)NC2=O)cc1OC. The van der Waals surface area contributed by atoms with Crippen molar-refractivity contribution in [3.05, 3.63) is 58.5 Å². The van der Waals surface area contributed by atoms with Crippen molar-refractivity contribution in [2.24, 2.45) is 4.99 Å². The molecule has 1 fully saturated rings. The number of aryl methyl sites for hydroxylation is 1. The van der Waals surface area contributed by atoms with E-state index in [-0.39, 0.29) is 5.91 Å². The summed E-state index contributed by atoms with van der Waals surface area (Å²) in [5, 5.41) is 3.36. The molecule has 3 rings (SSSR count). The Hall–Kier alpha value is -2.73. The van der Waals surface area contributed by atoms with Gasteiger partial charge in [-0.25, -0.2) is 4.99 Å². The van der Waals surface area contributed by atoms with Gasteiger partial charge in [0.05, 0.1) is 24.8 Å². The van der Waals surface area contributed by atoms with Crippen molar-refractivity contribution >= 4 is 34.6 Å². The highest BCUT2D eigenvalue weighted by Gasteiger charge is 2.24. The van der Waals surface area contributed by atoms with Gasteiger partial charge >= 0.3 is 0 Å². The topological polar surface area (TPSA) is 59.9 Å². The lowest BCUT2D eigenvalue weighted by Crippen LogP contribution is -2.19. The van der Waals surface area contributed by atoms with E-state index in [1.807, 2.05) is 49.4 Å². The molecule has 128 valence electrons. The highest BCUT2D eigenvalue weighted by atomic mass is 32.2. The molecule has 0 bridgehead atoms. The van der Waals surface area contributed by atoms with Crippen molar-refractivity contribution in [3.8, 4) is 11.5 Å². The lowest BCUT2D eigenvalue weighted by molar-refractivity contribution is -0.115. The van der Waals surface area contributed by atoms with Gasteiger partial charge in [-0.3, -0.25) is 4.79 Å². The van der Waals surface area contributed by atoms with Gasteiger partial charge in [-0.1, -0.05) is 18.2 Å². The van der Waals surface area contributed by atoms with Gasteiger partial charge in [0.25, 0.3) is 5.91 Å². The average Bonchev–Trinajstić information content (AvgIpc) is 2.93. The highest BCUT2D eigenvalue weighted by molar-refractivity contribution is 8.18. The maximum atomic E-state index is 12.2. The first-order chi connectivity index (χ1) is 12.1. The number of amidine groups is 1. The third-order valence-electron chi connectivity index (χ3n) is 3.59. The van der Waals surface area contributed by atoms with Gasteiger partial charge in [-0.2, -0.15) is 0 Å². The van der Waals surface area contributed by atoms with Crippen LogP contribution in [0, 0.1) is 6.92 Å². The lowest BCUT2D eigenvalue weighted by Gasteiger charge is -2.07. The van der Waals surface area contributed by atoms with Crippen LogP contribution in [0.3, 0.4) is 0 Å². The zero-order valence-corrected chi connectivity index (χ0v) is 15.0. The Labute approximate surface area is 150 Å². The Morgan fingerprint density at radius 2 is 1.88 bits per heavy atom. The van der Waals surface area contributed by atoms with Crippen molar-refractivity contribution < 1.29 is 14.3 Å². The van der Waals surface area contributed by atoms with Crippen LogP contribution in [-0.2, 0) is 4.79 Å². The van der Waals surface area contributed by atoms with Gasteiger partial charge < -0.3 is 14.8 Å². The quantitative estimate of drug-likeness (QED) is 0.846. The molecule has 0 aromatic heterocycles. The molecule has 0 aliphatic carbocycles. The Bertz CT molecular complexity index is 875. The molecule has 5 nitrogen and oxygen atoms in total. The number of thioether (sulfide) groups is 1. The molecule has 1 heterocycles. The number of nitrogens with one attached hydrogen (secondary N) is 1. The Morgan fingerprint density at radius 1 is 1.08 bits per heavy atom. The number of hydrogen-bond acceptors (Lipinski definition) is 5. The molecule has 0 spiro atoms. The lowest BCUT2D eigenvalue weighted by atomic mass is 10.2. The molecule has 6 heteroatoms. The van der Waals surface area contributed by atoms with Gasteiger partial charge in [-0.05, 0) is 60.2 Å². The monoisotopic (exact) mass is 354 g/mol. The first kappa shape index (κ1) is 17.1. The summed E-state index contributed by atoms with van der Waals surface area (Å²) in [5.41, 5.74) is 2.79. The zero-order valence-electron chi connectivity index (χ0n) is 14.2. The van der Waals surface area contributed by atoms with E-state index in [0.29, 0.717) is 21.6 Å². The molecule has 1 amide bonds. The molecule has 1 aliphatic rings. The van der Waals surface area contributed by atoms with Gasteiger partial charge in [0.2, 0.25) is 0 Å². The Morgan fingerprint density at radius 3 is 2.60 bits per heavy atom. The summed E-state index contributed by atoms with van der Waals surface area (Å²) in [7, 11) is 3.17. The minimum Gasteiger partial charge on any atom is -0.493 e. The molecule has 2 aromatic rings. The van der Waals surface area contributed by atoms with Crippen LogP contribution in [0.25, 0.3) is 6.08 Å². The van der Waals surface area contributed by atoms with E-state index >= 15 is 0 Å². The molecule has 0 radical (unpaired) electrons. The van der Waals surface area contributed by atoms with E-state index in [1.165, 1.54) is 11.8 Å². The maximum Gasteiger partial charge on any atom is 0.264 e. The molecule has 1 aliphatic heterocycles. The summed E-state index contributed by atoms with van der Waals surface area (Å²) in [4.78, 5) is 17.3. The molecule has 1 N–H and O–H groups in total. The second-order valence-electron chi connectivity index (χ2n) is 5.44. The van der Waals surface area contributed by atoms with E-state index < -0.39 is 0 Å². The van der Waals surface area contributed by atoms with Crippen LogP contribution in [0.4, 0.5) is 5.69 Å². The van der Waals surface area contributed by atoms with E-state index in [9.17, 15) is 4.79 Å². The van der Waals surface area contributed by atoms with Crippen LogP contribution in [0.5, 0.6) is 11.5 Å². The summed E-state index contributed by atoms with van der Waals surface area (Å²) in [5.74, 6) is 1.11. The van der Waals surface area contributed by atoms with E-state index in [2.05, 4.69) is 10.3 Å². The summed E-state index contributed by atoms with van der Waals surface area (Å²) in [6.45, 7) is 2.01. The van der Waals surface area contributed by atoms with Gasteiger partial charge in [0, 0.05) is 0 Å². The van der Waals surface area contributed by atoms with Crippen LogP contribution in [0.15, 0.2) is 52.4 Å². The van der Waals surface area contributed by atoms with Crippen molar-refractivity contribution in [2.45, 2.75) is 6.92 Å². The number of nitrogens with zero attached hydrogens (tertiary/aromatic N) is 1. The summed E-state index contributed by atoms with van der Waals surface area (Å²) >= 11 is 1.32. The predicted octanol–water partition coefficient (Wildman–Crippen LogP) is 3.90. The number of carbonyl (C=O) groups is 1. The number of aliphatic imine (C=N–C) groups is 1. The minimum absolute atomic E-state index is 0.161. The number of benzene rings is 2. The fraction of sp³-hybridized carbons (Fsp3) is 0.158. The summed E-state index contributed by atoms with van der Waals surface area (Å²) in [6.07, 6.45) is 1.81. The largest absolute Gasteiger partial charge is 0.493 e. The molecule has 2 aromatic carbocycles. The number of carbonyl (C=O) groups excluding carboxylic acids is 1. The fourth-order valence-corrected chi connectivity index (χ4v) is 3.23. The smallest absolute Gasteiger partial charge is 0.264 e.